The van der Waals surface area contributed by atoms with Crippen LogP contribution in [0, 0.1) is 0 Å². The van der Waals surface area contributed by atoms with Crippen molar-refractivity contribution in [2.24, 2.45) is 12.0 Å². The molecule has 1 atom stereocenters. The average Bonchev–Trinajstić information content (AvgIpc) is 2.89. The van der Waals surface area contributed by atoms with Gasteiger partial charge in [-0.05, 0) is 12.5 Å². The average molecular weight is 271 g/mol. The van der Waals surface area contributed by atoms with Crippen LogP contribution in [0.25, 0.3) is 0 Å². The second-order valence-corrected chi connectivity index (χ2v) is 4.72. The van der Waals surface area contributed by atoms with Gasteiger partial charge in [-0.2, -0.15) is 5.10 Å². The maximum Gasteiger partial charge on any atom is 0.191 e. The summed E-state index contributed by atoms with van der Waals surface area (Å²) in [5.41, 5.74) is 2.36. The molecule has 0 spiro atoms. The lowest BCUT2D eigenvalue weighted by Gasteiger charge is -2.18. The quantitative estimate of drug-likeness (QED) is 0.659. The second-order valence-electron chi connectivity index (χ2n) is 4.72. The first-order chi connectivity index (χ1) is 9.69. The Bertz CT molecular complexity index is 559. The molecule has 0 aliphatic carbocycles. The Morgan fingerprint density at radius 1 is 1.35 bits per heavy atom. The van der Waals surface area contributed by atoms with Crippen molar-refractivity contribution in [3.63, 3.8) is 0 Å². The van der Waals surface area contributed by atoms with E-state index < -0.39 is 0 Å². The monoisotopic (exact) mass is 271 g/mol. The van der Waals surface area contributed by atoms with E-state index in [-0.39, 0.29) is 6.04 Å². The van der Waals surface area contributed by atoms with E-state index in [9.17, 15) is 0 Å². The third kappa shape index (κ3) is 3.85. The van der Waals surface area contributed by atoms with Gasteiger partial charge in [-0.25, -0.2) is 0 Å². The summed E-state index contributed by atoms with van der Waals surface area (Å²) in [7, 11) is 3.68. The SMILES string of the molecule is CN=C(NCc1cnn(C)c1)NC(C)c1ccccc1. The van der Waals surface area contributed by atoms with Gasteiger partial charge in [0.1, 0.15) is 0 Å². The molecule has 1 aromatic heterocycles. The van der Waals surface area contributed by atoms with Crippen molar-refractivity contribution in [1.29, 1.82) is 0 Å². The van der Waals surface area contributed by atoms with Crippen molar-refractivity contribution in [2.45, 2.75) is 19.5 Å². The predicted molar refractivity (Wildman–Crippen MR) is 81.4 cm³/mol. The standard InChI is InChI=1S/C15H21N5/c1-12(14-7-5-4-6-8-14)19-15(16-2)17-9-13-10-18-20(3)11-13/h4-8,10-12H,9H2,1-3H3,(H2,16,17,19). The molecule has 2 aromatic rings. The Labute approximate surface area is 119 Å². The molecular formula is C15H21N5. The van der Waals surface area contributed by atoms with Gasteiger partial charge in [0.25, 0.3) is 0 Å². The zero-order chi connectivity index (χ0) is 14.4. The normalized spacial score (nSPS) is 13.1. The van der Waals surface area contributed by atoms with Crippen LogP contribution in [0.2, 0.25) is 0 Å². The number of benzene rings is 1. The largest absolute Gasteiger partial charge is 0.352 e. The fourth-order valence-corrected chi connectivity index (χ4v) is 1.97. The molecule has 1 heterocycles. The molecule has 0 saturated heterocycles. The van der Waals surface area contributed by atoms with Crippen LogP contribution in [-0.2, 0) is 13.6 Å². The number of aliphatic imine (C=N–C) groups is 1. The number of guanidine groups is 1. The highest BCUT2D eigenvalue weighted by molar-refractivity contribution is 5.80. The second kappa shape index (κ2) is 6.75. The van der Waals surface area contributed by atoms with Gasteiger partial charge in [-0.1, -0.05) is 30.3 Å². The molecule has 0 aliphatic rings. The fraction of sp³-hybridized carbons (Fsp3) is 0.333. The Balaban J connectivity index is 1.89. The minimum Gasteiger partial charge on any atom is -0.352 e. The minimum absolute atomic E-state index is 0.205. The molecule has 2 rings (SSSR count). The number of aryl methyl sites for hydroxylation is 1. The van der Waals surface area contributed by atoms with E-state index in [4.69, 9.17) is 0 Å². The van der Waals surface area contributed by atoms with Crippen molar-refractivity contribution < 1.29 is 0 Å². The first kappa shape index (κ1) is 14.1. The van der Waals surface area contributed by atoms with E-state index in [1.807, 2.05) is 37.6 Å². The highest BCUT2D eigenvalue weighted by atomic mass is 15.2. The molecule has 0 fully saturated rings. The fourth-order valence-electron chi connectivity index (χ4n) is 1.97. The minimum atomic E-state index is 0.205. The number of hydrogen-bond acceptors (Lipinski definition) is 2. The van der Waals surface area contributed by atoms with Crippen molar-refractivity contribution in [3.8, 4) is 0 Å². The van der Waals surface area contributed by atoms with E-state index in [2.05, 4.69) is 39.8 Å². The Kier molecular flexibility index (Phi) is 4.76. The third-order valence-corrected chi connectivity index (χ3v) is 3.09. The molecule has 1 aromatic carbocycles. The van der Waals surface area contributed by atoms with Crippen molar-refractivity contribution >= 4 is 5.96 Å². The molecule has 5 nitrogen and oxygen atoms in total. The van der Waals surface area contributed by atoms with Crippen LogP contribution in [0.15, 0.2) is 47.7 Å². The third-order valence-electron chi connectivity index (χ3n) is 3.09. The topological polar surface area (TPSA) is 54.2 Å². The van der Waals surface area contributed by atoms with Crippen molar-refractivity contribution in [1.82, 2.24) is 20.4 Å². The van der Waals surface area contributed by atoms with E-state index in [0.29, 0.717) is 6.54 Å². The summed E-state index contributed by atoms with van der Waals surface area (Å²) >= 11 is 0. The first-order valence-electron chi connectivity index (χ1n) is 6.68. The van der Waals surface area contributed by atoms with Gasteiger partial charge in [0.2, 0.25) is 0 Å². The zero-order valence-electron chi connectivity index (χ0n) is 12.2. The summed E-state index contributed by atoms with van der Waals surface area (Å²) in [4.78, 5) is 4.24. The number of aromatic nitrogens is 2. The highest BCUT2D eigenvalue weighted by Gasteiger charge is 2.07. The highest BCUT2D eigenvalue weighted by Crippen LogP contribution is 2.10. The van der Waals surface area contributed by atoms with Gasteiger partial charge in [-0.3, -0.25) is 9.67 Å². The summed E-state index contributed by atoms with van der Waals surface area (Å²) in [6, 6.07) is 10.5. The lowest BCUT2D eigenvalue weighted by atomic mass is 10.1. The summed E-state index contributed by atoms with van der Waals surface area (Å²) in [6.07, 6.45) is 3.84. The summed E-state index contributed by atoms with van der Waals surface area (Å²) in [5.74, 6) is 0.783. The van der Waals surface area contributed by atoms with E-state index >= 15 is 0 Å². The van der Waals surface area contributed by atoms with Crippen LogP contribution >= 0.6 is 0 Å². The first-order valence-corrected chi connectivity index (χ1v) is 6.68. The molecular weight excluding hydrogens is 250 g/mol. The molecule has 2 N–H and O–H groups in total. The van der Waals surface area contributed by atoms with Crippen molar-refractivity contribution in [2.75, 3.05) is 7.05 Å². The molecule has 0 saturated carbocycles. The van der Waals surface area contributed by atoms with Crippen LogP contribution in [0.5, 0.6) is 0 Å². The molecule has 0 bridgehead atoms. The lowest BCUT2D eigenvalue weighted by molar-refractivity contribution is 0.685. The summed E-state index contributed by atoms with van der Waals surface area (Å²) < 4.78 is 1.79. The maximum atomic E-state index is 4.24. The van der Waals surface area contributed by atoms with Crippen LogP contribution in [-0.4, -0.2) is 22.8 Å². The zero-order valence-corrected chi connectivity index (χ0v) is 12.2. The summed E-state index contributed by atoms with van der Waals surface area (Å²) in [6.45, 7) is 2.82. The van der Waals surface area contributed by atoms with Crippen LogP contribution < -0.4 is 10.6 Å². The van der Waals surface area contributed by atoms with E-state index in [1.54, 1.807) is 11.7 Å². The lowest BCUT2D eigenvalue weighted by Crippen LogP contribution is -2.38. The smallest absolute Gasteiger partial charge is 0.191 e. The van der Waals surface area contributed by atoms with E-state index in [0.717, 1.165) is 11.5 Å². The van der Waals surface area contributed by atoms with Crippen LogP contribution in [0.1, 0.15) is 24.1 Å². The Morgan fingerprint density at radius 2 is 2.10 bits per heavy atom. The molecule has 0 amide bonds. The molecule has 20 heavy (non-hydrogen) atoms. The van der Waals surface area contributed by atoms with Crippen LogP contribution in [0.4, 0.5) is 0 Å². The number of nitrogens with one attached hydrogen (secondary N) is 2. The molecule has 106 valence electrons. The Morgan fingerprint density at radius 3 is 2.70 bits per heavy atom. The maximum absolute atomic E-state index is 4.24. The van der Waals surface area contributed by atoms with Gasteiger partial charge in [-0.15, -0.1) is 0 Å². The molecule has 0 radical (unpaired) electrons. The van der Waals surface area contributed by atoms with Gasteiger partial charge in [0.05, 0.1) is 12.2 Å². The van der Waals surface area contributed by atoms with Crippen LogP contribution in [0.3, 0.4) is 0 Å². The number of hydrogen-bond donors (Lipinski definition) is 2. The van der Waals surface area contributed by atoms with Crippen molar-refractivity contribution in [3.05, 3.63) is 53.9 Å². The van der Waals surface area contributed by atoms with Gasteiger partial charge < -0.3 is 10.6 Å². The number of rotatable bonds is 4. The number of nitrogens with zero attached hydrogens (tertiary/aromatic N) is 3. The molecule has 1 unspecified atom stereocenters. The van der Waals surface area contributed by atoms with Gasteiger partial charge in [0.15, 0.2) is 5.96 Å². The molecule has 0 aliphatic heterocycles. The van der Waals surface area contributed by atoms with Gasteiger partial charge in [0, 0.05) is 32.4 Å². The predicted octanol–water partition coefficient (Wildman–Crippen LogP) is 1.85. The van der Waals surface area contributed by atoms with Gasteiger partial charge >= 0.3 is 0 Å². The Hall–Kier alpha value is -2.30. The van der Waals surface area contributed by atoms with E-state index in [1.165, 1.54) is 5.56 Å². The summed E-state index contributed by atoms with van der Waals surface area (Å²) in [5, 5.41) is 10.8. The molecule has 5 heteroatoms.